The normalized spacial score (nSPS) is 11.9. The summed E-state index contributed by atoms with van der Waals surface area (Å²) in [4.78, 5) is 22.7. The van der Waals surface area contributed by atoms with Crippen LogP contribution in [0.2, 0.25) is 0 Å². The minimum atomic E-state index is -0.475. The molecule has 1 amide bonds. The van der Waals surface area contributed by atoms with Crippen molar-refractivity contribution >= 4 is 21.8 Å². The summed E-state index contributed by atoms with van der Waals surface area (Å²) in [5.74, 6) is -0.279. The van der Waals surface area contributed by atoms with E-state index in [2.05, 4.69) is 25.7 Å². The molecule has 0 radical (unpaired) electrons. The van der Waals surface area contributed by atoms with Crippen molar-refractivity contribution in [3.05, 3.63) is 68.7 Å². The van der Waals surface area contributed by atoms with Crippen LogP contribution in [0.3, 0.4) is 0 Å². The zero-order valence-corrected chi connectivity index (χ0v) is 11.8. The lowest BCUT2D eigenvalue weighted by atomic mass is 10.1. The average molecular weight is 322 g/mol. The van der Waals surface area contributed by atoms with Crippen molar-refractivity contribution in [2.75, 3.05) is 0 Å². The van der Waals surface area contributed by atoms with Crippen molar-refractivity contribution in [1.82, 2.24) is 5.32 Å². The fourth-order valence-electron chi connectivity index (χ4n) is 1.60. The maximum atomic E-state index is 11.9. The van der Waals surface area contributed by atoms with E-state index in [0.717, 1.165) is 16.3 Å². The Labute approximate surface area is 118 Å². The minimum Gasteiger partial charge on any atom is -0.430 e. The Morgan fingerprint density at radius 2 is 1.89 bits per heavy atom. The van der Waals surface area contributed by atoms with E-state index in [1.807, 2.05) is 31.2 Å². The first kappa shape index (κ1) is 13.5. The number of hydrogen-bond donors (Lipinski definition) is 1. The summed E-state index contributed by atoms with van der Waals surface area (Å²) in [5.41, 5.74) is 0.843. The summed E-state index contributed by atoms with van der Waals surface area (Å²) in [5, 5.41) is 2.84. The van der Waals surface area contributed by atoms with Gasteiger partial charge in [-0.05, 0) is 30.7 Å². The number of hydrogen-bond acceptors (Lipinski definition) is 3. The van der Waals surface area contributed by atoms with Gasteiger partial charge in [-0.2, -0.15) is 0 Å². The largest absolute Gasteiger partial charge is 0.430 e. The van der Waals surface area contributed by atoms with Crippen molar-refractivity contribution < 1.29 is 9.21 Å². The lowest BCUT2D eigenvalue weighted by Crippen LogP contribution is -2.26. The molecule has 0 bridgehead atoms. The van der Waals surface area contributed by atoms with Gasteiger partial charge in [0.15, 0.2) is 0 Å². The highest BCUT2D eigenvalue weighted by Gasteiger charge is 2.11. The maximum Gasteiger partial charge on any atom is 0.335 e. The van der Waals surface area contributed by atoms with Crippen molar-refractivity contribution in [3.63, 3.8) is 0 Å². The first-order valence-corrected chi connectivity index (χ1v) is 6.51. The second-order valence-corrected chi connectivity index (χ2v) is 5.01. The molecule has 0 saturated carbocycles. The third kappa shape index (κ3) is 3.54. The van der Waals surface area contributed by atoms with Crippen molar-refractivity contribution in [1.29, 1.82) is 0 Å². The summed E-state index contributed by atoms with van der Waals surface area (Å²) in [6.07, 6.45) is 1.16. The van der Waals surface area contributed by atoms with Gasteiger partial charge in [-0.3, -0.25) is 4.79 Å². The summed E-state index contributed by atoms with van der Waals surface area (Å²) < 4.78 is 5.65. The van der Waals surface area contributed by atoms with Crippen LogP contribution in [0.25, 0.3) is 0 Å². The van der Waals surface area contributed by atoms with E-state index in [9.17, 15) is 9.59 Å². The molecular weight excluding hydrogens is 310 g/mol. The number of benzene rings is 1. The Kier molecular flexibility index (Phi) is 4.16. The predicted octanol–water partition coefficient (Wildman–Crippen LogP) is 2.89. The highest BCUT2D eigenvalue weighted by molar-refractivity contribution is 9.10. The topological polar surface area (TPSA) is 59.3 Å². The van der Waals surface area contributed by atoms with Crippen LogP contribution in [-0.2, 0) is 0 Å². The zero-order valence-electron chi connectivity index (χ0n) is 10.2. The molecule has 4 nitrogen and oxygen atoms in total. The van der Waals surface area contributed by atoms with Crippen LogP contribution in [-0.4, -0.2) is 5.91 Å². The molecule has 1 aromatic heterocycles. The summed E-state index contributed by atoms with van der Waals surface area (Å²) in [6, 6.07) is 10.2. The molecule has 1 unspecified atom stereocenters. The van der Waals surface area contributed by atoms with E-state index in [1.165, 1.54) is 12.1 Å². The molecule has 1 atom stereocenters. The van der Waals surface area contributed by atoms with E-state index in [0.29, 0.717) is 5.56 Å². The highest BCUT2D eigenvalue weighted by Crippen LogP contribution is 2.16. The number of carbonyl (C=O) groups is 1. The molecule has 0 aliphatic carbocycles. The Bertz CT molecular complexity index is 613. The van der Waals surface area contributed by atoms with Gasteiger partial charge in [0.1, 0.15) is 6.26 Å². The van der Waals surface area contributed by atoms with Gasteiger partial charge in [-0.1, -0.05) is 28.1 Å². The fraction of sp³-hybridized carbons (Fsp3) is 0.143. The molecule has 1 heterocycles. The van der Waals surface area contributed by atoms with Crippen LogP contribution in [0.4, 0.5) is 0 Å². The number of carbonyl (C=O) groups excluding carboxylic acids is 1. The molecule has 5 heteroatoms. The van der Waals surface area contributed by atoms with Crippen LogP contribution in [0.1, 0.15) is 28.9 Å². The smallest absolute Gasteiger partial charge is 0.335 e. The van der Waals surface area contributed by atoms with Gasteiger partial charge in [0, 0.05) is 10.5 Å². The lowest BCUT2D eigenvalue weighted by molar-refractivity contribution is 0.0937. The van der Waals surface area contributed by atoms with Gasteiger partial charge >= 0.3 is 5.63 Å². The number of amides is 1. The standard InChI is InChI=1S/C14H12BrNO3/c1-9(10-2-5-12(15)6-3-10)16-14(18)11-4-7-13(17)19-8-11/h2-9H,1H3,(H,16,18). The van der Waals surface area contributed by atoms with E-state index in [4.69, 9.17) is 0 Å². The Morgan fingerprint density at radius 1 is 1.21 bits per heavy atom. The van der Waals surface area contributed by atoms with E-state index >= 15 is 0 Å². The minimum absolute atomic E-state index is 0.132. The van der Waals surface area contributed by atoms with Gasteiger partial charge in [0.25, 0.3) is 5.91 Å². The van der Waals surface area contributed by atoms with Gasteiger partial charge in [-0.25, -0.2) is 4.79 Å². The molecule has 0 aliphatic heterocycles. The van der Waals surface area contributed by atoms with Crippen LogP contribution in [0, 0.1) is 0 Å². The molecule has 19 heavy (non-hydrogen) atoms. The number of nitrogens with one attached hydrogen (secondary N) is 1. The van der Waals surface area contributed by atoms with Gasteiger partial charge in [0.05, 0.1) is 11.6 Å². The Morgan fingerprint density at radius 3 is 2.47 bits per heavy atom. The third-order valence-electron chi connectivity index (χ3n) is 2.68. The summed E-state index contributed by atoms with van der Waals surface area (Å²) >= 11 is 3.36. The van der Waals surface area contributed by atoms with Gasteiger partial charge in [-0.15, -0.1) is 0 Å². The zero-order chi connectivity index (χ0) is 13.8. The van der Waals surface area contributed by atoms with E-state index in [1.54, 1.807) is 0 Å². The predicted molar refractivity (Wildman–Crippen MR) is 75.0 cm³/mol. The summed E-state index contributed by atoms with van der Waals surface area (Å²) in [6.45, 7) is 1.89. The molecule has 0 saturated heterocycles. The second kappa shape index (κ2) is 5.84. The Hall–Kier alpha value is -1.88. The average Bonchev–Trinajstić information content (AvgIpc) is 2.40. The molecule has 2 rings (SSSR count). The number of halogens is 1. The third-order valence-corrected chi connectivity index (χ3v) is 3.21. The summed E-state index contributed by atoms with van der Waals surface area (Å²) in [7, 11) is 0. The fourth-order valence-corrected chi connectivity index (χ4v) is 1.87. The molecule has 1 aromatic carbocycles. The molecular formula is C14H12BrNO3. The molecule has 0 spiro atoms. The van der Waals surface area contributed by atoms with Gasteiger partial charge < -0.3 is 9.73 Å². The van der Waals surface area contributed by atoms with Crippen LogP contribution in [0.15, 0.2) is 56.3 Å². The highest BCUT2D eigenvalue weighted by atomic mass is 79.9. The van der Waals surface area contributed by atoms with Gasteiger partial charge in [0.2, 0.25) is 0 Å². The molecule has 1 N–H and O–H groups in total. The number of rotatable bonds is 3. The maximum absolute atomic E-state index is 11.9. The van der Waals surface area contributed by atoms with E-state index in [-0.39, 0.29) is 11.9 Å². The molecule has 0 fully saturated rings. The first-order chi connectivity index (χ1) is 9.06. The van der Waals surface area contributed by atoms with Crippen LogP contribution < -0.4 is 10.9 Å². The van der Waals surface area contributed by atoms with Crippen molar-refractivity contribution in [3.8, 4) is 0 Å². The second-order valence-electron chi connectivity index (χ2n) is 4.09. The molecule has 98 valence electrons. The first-order valence-electron chi connectivity index (χ1n) is 5.71. The lowest BCUT2D eigenvalue weighted by Gasteiger charge is -2.14. The van der Waals surface area contributed by atoms with Crippen LogP contribution in [0.5, 0.6) is 0 Å². The SMILES string of the molecule is CC(NC(=O)c1ccc(=O)oc1)c1ccc(Br)cc1. The van der Waals surface area contributed by atoms with E-state index < -0.39 is 5.63 Å². The van der Waals surface area contributed by atoms with Crippen molar-refractivity contribution in [2.45, 2.75) is 13.0 Å². The Balaban J connectivity index is 2.08. The van der Waals surface area contributed by atoms with Crippen LogP contribution >= 0.6 is 15.9 Å². The van der Waals surface area contributed by atoms with Crippen molar-refractivity contribution in [2.24, 2.45) is 0 Å². The molecule has 0 aliphatic rings. The quantitative estimate of drug-likeness (QED) is 0.945. The monoisotopic (exact) mass is 321 g/mol. The molecule has 2 aromatic rings.